The van der Waals surface area contributed by atoms with Gasteiger partial charge in [-0.05, 0) is 54.0 Å². The molecule has 0 aliphatic rings. The van der Waals surface area contributed by atoms with Gasteiger partial charge in [-0.25, -0.2) is 0 Å². The number of halogens is 1. The third-order valence-corrected chi connectivity index (χ3v) is 5.33. The molecule has 0 spiro atoms. The van der Waals surface area contributed by atoms with E-state index in [4.69, 9.17) is 11.5 Å². The molecule has 4 aromatic rings. The van der Waals surface area contributed by atoms with Crippen molar-refractivity contribution in [2.45, 2.75) is 26.3 Å². The summed E-state index contributed by atoms with van der Waals surface area (Å²) in [6, 6.07) is 21.0. The SMILES string of the molecule is C=CC[n+]1c(-c2ccc(C(C)C)cc2)c2cc(N)ccc2c2ccc(N)cc21.[Cl-]. The number of fused-ring (bicyclic) bond motifs is 3. The van der Waals surface area contributed by atoms with E-state index in [1.807, 2.05) is 24.3 Å². The lowest BCUT2D eigenvalue weighted by Crippen LogP contribution is -3.00. The van der Waals surface area contributed by atoms with E-state index in [1.165, 1.54) is 10.9 Å². The van der Waals surface area contributed by atoms with Gasteiger partial charge in [0.1, 0.15) is 0 Å². The van der Waals surface area contributed by atoms with Gasteiger partial charge >= 0.3 is 0 Å². The Bertz CT molecular complexity index is 1190. The number of aromatic nitrogens is 1. The lowest BCUT2D eigenvalue weighted by atomic mass is 9.96. The summed E-state index contributed by atoms with van der Waals surface area (Å²) in [5.41, 5.74) is 18.5. The topological polar surface area (TPSA) is 55.9 Å². The first-order chi connectivity index (χ1) is 13.5. The third kappa shape index (κ3) is 3.66. The molecule has 0 unspecified atom stereocenters. The number of pyridine rings is 1. The first kappa shape index (κ1) is 20.7. The van der Waals surface area contributed by atoms with Crippen LogP contribution in [0.3, 0.4) is 0 Å². The van der Waals surface area contributed by atoms with Gasteiger partial charge in [-0.2, -0.15) is 4.57 Å². The van der Waals surface area contributed by atoms with Crippen molar-refractivity contribution in [3.05, 3.63) is 78.9 Å². The Morgan fingerprint density at radius 1 is 0.862 bits per heavy atom. The number of hydrogen-bond acceptors (Lipinski definition) is 2. The highest BCUT2D eigenvalue weighted by atomic mass is 35.5. The van der Waals surface area contributed by atoms with E-state index >= 15 is 0 Å². The molecule has 0 aliphatic carbocycles. The van der Waals surface area contributed by atoms with Crippen LogP contribution in [0.15, 0.2) is 73.3 Å². The molecule has 1 aromatic heterocycles. The molecule has 4 N–H and O–H groups in total. The summed E-state index contributed by atoms with van der Waals surface area (Å²) in [6.07, 6.45) is 1.92. The number of hydrogen-bond donors (Lipinski definition) is 2. The number of nitrogen functional groups attached to an aromatic ring is 2. The van der Waals surface area contributed by atoms with Gasteiger partial charge in [-0.3, -0.25) is 0 Å². The smallest absolute Gasteiger partial charge is 0.221 e. The fourth-order valence-corrected chi connectivity index (χ4v) is 3.91. The molecule has 0 saturated heterocycles. The van der Waals surface area contributed by atoms with Crippen LogP contribution in [0.25, 0.3) is 32.9 Å². The second-order valence-corrected chi connectivity index (χ2v) is 7.61. The van der Waals surface area contributed by atoms with Crippen molar-refractivity contribution in [1.29, 1.82) is 0 Å². The first-order valence-corrected chi connectivity index (χ1v) is 9.65. The van der Waals surface area contributed by atoms with Gasteiger partial charge in [0, 0.05) is 28.4 Å². The van der Waals surface area contributed by atoms with Crippen molar-refractivity contribution >= 4 is 33.1 Å². The zero-order valence-electron chi connectivity index (χ0n) is 16.8. The van der Waals surface area contributed by atoms with Crippen LogP contribution >= 0.6 is 0 Å². The minimum Gasteiger partial charge on any atom is -1.00 e. The average Bonchev–Trinajstić information content (AvgIpc) is 2.68. The zero-order valence-corrected chi connectivity index (χ0v) is 17.6. The van der Waals surface area contributed by atoms with Crippen LogP contribution in [-0.2, 0) is 6.54 Å². The molecule has 3 aromatic carbocycles. The molecule has 0 aliphatic heterocycles. The van der Waals surface area contributed by atoms with Gasteiger partial charge < -0.3 is 23.9 Å². The van der Waals surface area contributed by atoms with Gasteiger partial charge in [0.05, 0.1) is 10.8 Å². The van der Waals surface area contributed by atoms with E-state index in [0.29, 0.717) is 12.5 Å². The van der Waals surface area contributed by atoms with E-state index in [0.717, 1.165) is 38.9 Å². The lowest BCUT2D eigenvalue weighted by molar-refractivity contribution is -0.648. The Morgan fingerprint density at radius 3 is 2.10 bits per heavy atom. The number of anilines is 2. The summed E-state index contributed by atoms with van der Waals surface area (Å²) in [6.45, 7) is 9.08. The minimum absolute atomic E-state index is 0. The molecule has 0 bridgehead atoms. The molecule has 0 fully saturated rings. The maximum atomic E-state index is 6.18. The number of nitrogens with zero attached hydrogens (tertiary/aromatic N) is 1. The number of nitrogens with two attached hydrogens (primary N) is 2. The van der Waals surface area contributed by atoms with Gasteiger partial charge in [-0.15, -0.1) is 0 Å². The van der Waals surface area contributed by atoms with Gasteiger partial charge in [0.25, 0.3) is 0 Å². The maximum Gasteiger partial charge on any atom is 0.221 e. The molecule has 0 atom stereocenters. The van der Waals surface area contributed by atoms with Crippen LogP contribution in [-0.4, -0.2) is 0 Å². The lowest BCUT2D eigenvalue weighted by Gasteiger charge is -2.13. The Kier molecular flexibility index (Phi) is 5.81. The zero-order chi connectivity index (χ0) is 19.8. The standard InChI is InChI=1S/C25H25N3.ClH/c1-4-13-28-24-15-20(27)10-12-22(24)21-11-9-19(26)14-23(21)25(28)18-7-5-17(6-8-18)16(2)3;/h4-12,14-16,27H,1,13,26H2,2-3H3;1H. The Morgan fingerprint density at radius 2 is 1.48 bits per heavy atom. The van der Waals surface area contributed by atoms with Crippen molar-refractivity contribution in [3.8, 4) is 11.3 Å². The van der Waals surface area contributed by atoms with Crippen molar-refractivity contribution in [1.82, 2.24) is 0 Å². The summed E-state index contributed by atoms with van der Waals surface area (Å²) in [5, 5.41) is 3.47. The molecule has 0 saturated carbocycles. The molecule has 4 rings (SSSR count). The molecular weight excluding hydrogens is 378 g/mol. The van der Waals surface area contributed by atoms with Crippen molar-refractivity contribution in [3.63, 3.8) is 0 Å². The first-order valence-electron chi connectivity index (χ1n) is 9.65. The molecule has 3 nitrogen and oxygen atoms in total. The molecule has 148 valence electrons. The molecule has 29 heavy (non-hydrogen) atoms. The van der Waals surface area contributed by atoms with E-state index in [9.17, 15) is 0 Å². The molecular formula is C25H26ClN3. The van der Waals surface area contributed by atoms with Crippen LogP contribution in [0, 0.1) is 0 Å². The fourth-order valence-electron chi connectivity index (χ4n) is 3.91. The highest BCUT2D eigenvalue weighted by Crippen LogP contribution is 2.33. The summed E-state index contributed by atoms with van der Waals surface area (Å²) >= 11 is 0. The van der Waals surface area contributed by atoms with Gasteiger partial charge in [-0.1, -0.05) is 38.6 Å². The second-order valence-electron chi connectivity index (χ2n) is 7.61. The summed E-state index contributed by atoms with van der Waals surface area (Å²) in [7, 11) is 0. The van der Waals surface area contributed by atoms with Crippen molar-refractivity contribution in [2.75, 3.05) is 11.5 Å². The molecule has 0 radical (unpaired) electrons. The van der Waals surface area contributed by atoms with E-state index in [-0.39, 0.29) is 12.4 Å². The van der Waals surface area contributed by atoms with Gasteiger partial charge in [0.2, 0.25) is 11.2 Å². The fraction of sp³-hybridized carbons (Fsp3) is 0.160. The van der Waals surface area contributed by atoms with Crippen molar-refractivity contribution in [2.24, 2.45) is 0 Å². The number of allylic oxidation sites excluding steroid dienone is 1. The predicted molar refractivity (Wildman–Crippen MR) is 120 cm³/mol. The van der Waals surface area contributed by atoms with E-state index in [1.54, 1.807) is 0 Å². The largest absolute Gasteiger partial charge is 1.00 e. The van der Waals surface area contributed by atoms with Crippen LogP contribution in [0.4, 0.5) is 11.4 Å². The molecule has 0 amide bonds. The van der Waals surface area contributed by atoms with Crippen molar-refractivity contribution < 1.29 is 17.0 Å². The average molecular weight is 404 g/mol. The Hall–Kier alpha value is -3.04. The van der Waals surface area contributed by atoms with E-state index < -0.39 is 0 Å². The predicted octanol–water partition coefficient (Wildman–Crippen LogP) is 2.43. The van der Waals surface area contributed by atoms with Crippen LogP contribution in [0.1, 0.15) is 25.3 Å². The van der Waals surface area contributed by atoms with Crippen LogP contribution < -0.4 is 28.4 Å². The normalized spacial score (nSPS) is 11.0. The van der Waals surface area contributed by atoms with Crippen LogP contribution in [0.2, 0.25) is 0 Å². The summed E-state index contributed by atoms with van der Waals surface area (Å²) < 4.78 is 2.28. The summed E-state index contributed by atoms with van der Waals surface area (Å²) in [4.78, 5) is 0. The highest BCUT2D eigenvalue weighted by Gasteiger charge is 2.23. The van der Waals surface area contributed by atoms with Crippen LogP contribution in [0.5, 0.6) is 0 Å². The Labute approximate surface area is 178 Å². The quantitative estimate of drug-likeness (QED) is 0.238. The second kappa shape index (κ2) is 8.14. The minimum atomic E-state index is 0. The molecule has 1 heterocycles. The number of rotatable bonds is 4. The van der Waals surface area contributed by atoms with E-state index in [2.05, 4.69) is 67.5 Å². The summed E-state index contributed by atoms with van der Waals surface area (Å²) in [5.74, 6) is 0.498. The maximum absolute atomic E-state index is 6.18. The third-order valence-electron chi connectivity index (χ3n) is 5.33. The highest BCUT2D eigenvalue weighted by molar-refractivity contribution is 6.10. The monoisotopic (exact) mass is 403 g/mol. The molecule has 4 heteroatoms. The number of benzene rings is 3. The Balaban J connectivity index is 0.00000240. The van der Waals surface area contributed by atoms with Gasteiger partial charge in [0.15, 0.2) is 6.54 Å².